The van der Waals surface area contributed by atoms with Gasteiger partial charge >= 0.3 is 0 Å². The second-order valence-corrected chi connectivity index (χ2v) is 5.57. The number of anilines is 1. The van der Waals surface area contributed by atoms with Crippen molar-refractivity contribution in [2.24, 2.45) is 5.41 Å². The molecule has 2 nitrogen and oxygen atoms in total. The van der Waals surface area contributed by atoms with Crippen LogP contribution in [0.1, 0.15) is 31.1 Å². The van der Waals surface area contributed by atoms with Crippen molar-refractivity contribution >= 4 is 17.0 Å². The first-order valence-corrected chi connectivity index (χ1v) is 6.10. The van der Waals surface area contributed by atoms with Crippen LogP contribution < -0.4 is 11.1 Å². The van der Waals surface area contributed by atoms with Crippen molar-refractivity contribution in [3.63, 3.8) is 0 Å². The van der Waals surface area contributed by atoms with Crippen LogP contribution in [0.2, 0.25) is 0 Å². The smallest absolute Gasteiger partial charge is 0.0468 e. The number of nitrogens with two attached hydrogens (primary N) is 1. The number of nitrogen functional groups attached to an aromatic ring is 1. The van der Waals surface area contributed by atoms with E-state index in [0.717, 1.165) is 18.8 Å². The van der Waals surface area contributed by atoms with Crippen LogP contribution >= 0.6 is 11.3 Å². The molecule has 0 aliphatic heterocycles. The lowest BCUT2D eigenvalue weighted by atomic mass is 9.70. The summed E-state index contributed by atoms with van der Waals surface area (Å²) in [6.07, 6.45) is 4.15. The Labute approximate surface area is 89.5 Å². The van der Waals surface area contributed by atoms with Gasteiger partial charge in [-0.2, -0.15) is 0 Å². The first kappa shape index (κ1) is 9.99. The van der Waals surface area contributed by atoms with Crippen LogP contribution in [0.15, 0.2) is 11.4 Å². The summed E-state index contributed by atoms with van der Waals surface area (Å²) >= 11 is 1.74. The van der Waals surface area contributed by atoms with E-state index in [1.165, 1.54) is 24.1 Å². The lowest BCUT2D eigenvalue weighted by molar-refractivity contribution is 0.156. The molecule has 0 spiro atoms. The van der Waals surface area contributed by atoms with Gasteiger partial charge < -0.3 is 11.1 Å². The zero-order chi connectivity index (χ0) is 10.0. The molecule has 1 aromatic rings. The molecule has 1 saturated carbocycles. The standard InChI is InChI=1S/C11H18N2S/c1-11(4-2-5-11)8-13-7-10-9(12)3-6-14-10/h3,6,13H,2,4-5,7-8,12H2,1H3. The average molecular weight is 210 g/mol. The Morgan fingerprint density at radius 1 is 1.57 bits per heavy atom. The number of rotatable bonds is 4. The Morgan fingerprint density at radius 3 is 2.86 bits per heavy atom. The highest BCUT2D eigenvalue weighted by molar-refractivity contribution is 7.10. The van der Waals surface area contributed by atoms with Crippen molar-refractivity contribution in [3.8, 4) is 0 Å². The molecule has 0 radical (unpaired) electrons. The Hall–Kier alpha value is -0.540. The normalized spacial score (nSPS) is 19.2. The van der Waals surface area contributed by atoms with Crippen LogP contribution in [-0.4, -0.2) is 6.54 Å². The fourth-order valence-corrected chi connectivity index (χ4v) is 2.70. The van der Waals surface area contributed by atoms with Gasteiger partial charge in [0.25, 0.3) is 0 Å². The van der Waals surface area contributed by atoms with E-state index in [4.69, 9.17) is 5.73 Å². The van der Waals surface area contributed by atoms with Gasteiger partial charge in [0.2, 0.25) is 0 Å². The van der Waals surface area contributed by atoms with Gasteiger partial charge in [-0.3, -0.25) is 0 Å². The Balaban J connectivity index is 1.75. The first-order valence-electron chi connectivity index (χ1n) is 5.22. The molecule has 1 aliphatic rings. The van der Waals surface area contributed by atoms with Gasteiger partial charge in [0.15, 0.2) is 0 Å². The van der Waals surface area contributed by atoms with Gasteiger partial charge in [-0.15, -0.1) is 11.3 Å². The summed E-state index contributed by atoms with van der Waals surface area (Å²) in [5.74, 6) is 0. The average Bonchev–Trinajstić information content (AvgIpc) is 2.49. The van der Waals surface area contributed by atoms with E-state index in [1.54, 1.807) is 11.3 Å². The Morgan fingerprint density at radius 2 is 2.36 bits per heavy atom. The molecule has 0 saturated heterocycles. The van der Waals surface area contributed by atoms with Crippen molar-refractivity contribution in [3.05, 3.63) is 16.3 Å². The zero-order valence-corrected chi connectivity index (χ0v) is 9.49. The third-order valence-electron chi connectivity index (χ3n) is 3.18. The van der Waals surface area contributed by atoms with Crippen LogP contribution in [0.3, 0.4) is 0 Å². The summed E-state index contributed by atoms with van der Waals surface area (Å²) in [6.45, 7) is 4.42. The molecule has 0 atom stereocenters. The van der Waals surface area contributed by atoms with E-state index >= 15 is 0 Å². The molecule has 0 amide bonds. The molecule has 1 heterocycles. The van der Waals surface area contributed by atoms with Crippen LogP contribution in [0.25, 0.3) is 0 Å². The van der Waals surface area contributed by atoms with Crippen molar-refractivity contribution in [1.82, 2.24) is 5.32 Å². The molecule has 0 bridgehead atoms. The SMILES string of the molecule is CC1(CNCc2sccc2N)CCC1. The summed E-state index contributed by atoms with van der Waals surface area (Å²) in [5.41, 5.74) is 7.30. The molecule has 1 fully saturated rings. The quantitative estimate of drug-likeness (QED) is 0.801. The summed E-state index contributed by atoms with van der Waals surface area (Å²) in [5, 5.41) is 5.55. The Bertz CT molecular complexity index is 302. The third kappa shape index (κ3) is 2.10. The van der Waals surface area contributed by atoms with Crippen molar-refractivity contribution < 1.29 is 0 Å². The number of hydrogen-bond acceptors (Lipinski definition) is 3. The molecule has 78 valence electrons. The van der Waals surface area contributed by atoms with Crippen LogP contribution in [-0.2, 0) is 6.54 Å². The molecular formula is C11H18N2S. The predicted octanol–water partition coefficient (Wildman–Crippen LogP) is 2.61. The molecule has 3 N–H and O–H groups in total. The molecule has 1 aliphatic carbocycles. The lowest BCUT2D eigenvalue weighted by Crippen LogP contribution is -2.36. The van der Waals surface area contributed by atoms with E-state index in [1.807, 2.05) is 6.07 Å². The second-order valence-electron chi connectivity index (χ2n) is 4.57. The summed E-state index contributed by atoms with van der Waals surface area (Å²) in [6, 6.07) is 1.98. The van der Waals surface area contributed by atoms with Crippen molar-refractivity contribution in [2.45, 2.75) is 32.7 Å². The fourth-order valence-electron chi connectivity index (χ4n) is 1.93. The fraction of sp³-hybridized carbons (Fsp3) is 0.636. The maximum atomic E-state index is 5.81. The van der Waals surface area contributed by atoms with Crippen molar-refractivity contribution in [2.75, 3.05) is 12.3 Å². The highest BCUT2D eigenvalue weighted by Crippen LogP contribution is 2.39. The van der Waals surface area contributed by atoms with E-state index < -0.39 is 0 Å². The lowest BCUT2D eigenvalue weighted by Gasteiger charge is -2.38. The summed E-state index contributed by atoms with van der Waals surface area (Å²) < 4.78 is 0. The van der Waals surface area contributed by atoms with Gasteiger partial charge in [0.05, 0.1) is 0 Å². The molecular weight excluding hydrogens is 192 g/mol. The third-order valence-corrected chi connectivity index (χ3v) is 4.11. The highest BCUT2D eigenvalue weighted by Gasteiger charge is 2.30. The molecule has 0 unspecified atom stereocenters. The minimum atomic E-state index is 0.562. The van der Waals surface area contributed by atoms with E-state index in [-0.39, 0.29) is 0 Å². The predicted molar refractivity (Wildman–Crippen MR) is 62.4 cm³/mol. The van der Waals surface area contributed by atoms with Crippen LogP contribution in [0.5, 0.6) is 0 Å². The molecule has 3 heteroatoms. The number of thiophene rings is 1. The zero-order valence-electron chi connectivity index (χ0n) is 8.68. The minimum absolute atomic E-state index is 0.562. The van der Waals surface area contributed by atoms with Crippen LogP contribution in [0.4, 0.5) is 5.69 Å². The maximum Gasteiger partial charge on any atom is 0.0468 e. The van der Waals surface area contributed by atoms with Gasteiger partial charge in [-0.25, -0.2) is 0 Å². The summed E-state index contributed by atoms with van der Waals surface area (Å²) in [4.78, 5) is 1.27. The number of hydrogen-bond donors (Lipinski definition) is 2. The topological polar surface area (TPSA) is 38.0 Å². The van der Waals surface area contributed by atoms with E-state index in [0.29, 0.717) is 5.41 Å². The van der Waals surface area contributed by atoms with Gasteiger partial charge in [0, 0.05) is 23.7 Å². The molecule has 2 rings (SSSR count). The van der Waals surface area contributed by atoms with Gasteiger partial charge in [-0.1, -0.05) is 13.3 Å². The van der Waals surface area contributed by atoms with E-state index in [2.05, 4.69) is 17.6 Å². The van der Waals surface area contributed by atoms with Gasteiger partial charge in [0.1, 0.15) is 0 Å². The number of nitrogens with one attached hydrogen (secondary N) is 1. The molecule has 14 heavy (non-hydrogen) atoms. The van der Waals surface area contributed by atoms with Gasteiger partial charge in [-0.05, 0) is 29.7 Å². The largest absolute Gasteiger partial charge is 0.398 e. The first-order chi connectivity index (χ1) is 6.70. The van der Waals surface area contributed by atoms with Crippen LogP contribution in [0, 0.1) is 5.41 Å². The maximum absolute atomic E-state index is 5.81. The van der Waals surface area contributed by atoms with E-state index in [9.17, 15) is 0 Å². The molecule has 0 aromatic carbocycles. The van der Waals surface area contributed by atoms with Crippen molar-refractivity contribution in [1.29, 1.82) is 0 Å². The summed E-state index contributed by atoms with van der Waals surface area (Å²) in [7, 11) is 0. The Kier molecular flexibility index (Phi) is 2.79. The highest BCUT2D eigenvalue weighted by atomic mass is 32.1. The monoisotopic (exact) mass is 210 g/mol. The molecule has 1 aromatic heterocycles. The second kappa shape index (κ2) is 3.91. The minimum Gasteiger partial charge on any atom is -0.398 e.